The number of aromatic hydroxyl groups is 1. The maximum Gasteiger partial charge on any atom is 0.258 e. The summed E-state index contributed by atoms with van der Waals surface area (Å²) >= 11 is 0. The van der Waals surface area contributed by atoms with E-state index in [2.05, 4.69) is 21.4 Å². The largest absolute Gasteiger partial charge is 0.504 e. The lowest BCUT2D eigenvalue weighted by atomic mass is 10.0. The van der Waals surface area contributed by atoms with Gasteiger partial charge in [-0.05, 0) is 50.1 Å². The predicted octanol–water partition coefficient (Wildman–Crippen LogP) is 2.25. The van der Waals surface area contributed by atoms with Crippen LogP contribution in [0, 0.1) is 0 Å². The third kappa shape index (κ3) is 5.24. The Labute approximate surface area is 169 Å². The van der Waals surface area contributed by atoms with Crippen molar-refractivity contribution in [3.63, 3.8) is 0 Å². The van der Waals surface area contributed by atoms with Gasteiger partial charge in [0.05, 0.1) is 19.4 Å². The van der Waals surface area contributed by atoms with E-state index in [0.717, 1.165) is 11.3 Å². The van der Waals surface area contributed by atoms with Crippen LogP contribution in [-0.2, 0) is 4.79 Å². The molecule has 0 radical (unpaired) electrons. The van der Waals surface area contributed by atoms with Crippen molar-refractivity contribution in [1.82, 2.24) is 16.3 Å². The molecule has 8 heteroatoms. The summed E-state index contributed by atoms with van der Waals surface area (Å²) < 4.78 is 10.9. The molecule has 4 N–H and O–H groups in total. The van der Waals surface area contributed by atoms with Crippen LogP contribution in [0.2, 0.25) is 0 Å². The minimum atomic E-state index is -0.434. The summed E-state index contributed by atoms with van der Waals surface area (Å²) in [5.74, 6) is 0.903. The number of phenols is 1. The van der Waals surface area contributed by atoms with Crippen LogP contribution >= 0.6 is 0 Å². The number of hydrazone groups is 1. The van der Waals surface area contributed by atoms with E-state index in [4.69, 9.17) is 9.47 Å². The molecule has 8 nitrogen and oxygen atoms in total. The van der Waals surface area contributed by atoms with Crippen molar-refractivity contribution < 1.29 is 19.4 Å². The first kappa shape index (κ1) is 20.6. The number of nitrogens with zero attached hydrogens (tertiary/aromatic N) is 1. The molecule has 0 aromatic heterocycles. The Balaban J connectivity index is 1.56. The molecule has 0 saturated carbocycles. The van der Waals surface area contributed by atoms with Crippen molar-refractivity contribution in [2.75, 3.05) is 13.2 Å². The number of carbonyl (C=O) groups excluding carboxylic acids is 1. The second kappa shape index (κ2) is 9.90. The third-order valence-electron chi connectivity index (χ3n) is 4.50. The van der Waals surface area contributed by atoms with Gasteiger partial charge in [0, 0.05) is 11.6 Å². The van der Waals surface area contributed by atoms with Gasteiger partial charge >= 0.3 is 0 Å². The highest BCUT2D eigenvalue weighted by Crippen LogP contribution is 2.28. The van der Waals surface area contributed by atoms with Crippen molar-refractivity contribution >= 4 is 12.1 Å². The number of ether oxygens (including phenoxy) is 2. The molecule has 3 rings (SSSR count). The first-order chi connectivity index (χ1) is 14.1. The zero-order chi connectivity index (χ0) is 20.6. The topological polar surface area (TPSA) is 104 Å². The fourth-order valence-corrected chi connectivity index (χ4v) is 3.09. The molecule has 1 fully saturated rings. The predicted molar refractivity (Wildman–Crippen MR) is 110 cm³/mol. The lowest BCUT2D eigenvalue weighted by molar-refractivity contribution is -0.122. The highest BCUT2D eigenvalue weighted by molar-refractivity contribution is 5.87. The highest BCUT2D eigenvalue weighted by Gasteiger charge is 2.30. The van der Waals surface area contributed by atoms with E-state index in [9.17, 15) is 9.90 Å². The first-order valence-electron chi connectivity index (χ1n) is 9.63. The Morgan fingerprint density at radius 2 is 2.00 bits per heavy atom. The number of hydrogen-bond donors (Lipinski definition) is 4. The summed E-state index contributed by atoms with van der Waals surface area (Å²) in [6.45, 7) is 4.82. The molecule has 1 heterocycles. The van der Waals surface area contributed by atoms with Gasteiger partial charge in [-0.3, -0.25) is 4.79 Å². The van der Waals surface area contributed by atoms with Crippen molar-refractivity contribution in [3.05, 3.63) is 53.6 Å². The fraction of sp³-hybridized carbons (Fsp3) is 0.333. The third-order valence-corrected chi connectivity index (χ3v) is 4.50. The minimum absolute atomic E-state index is 0.0118. The van der Waals surface area contributed by atoms with E-state index in [0.29, 0.717) is 30.9 Å². The van der Waals surface area contributed by atoms with E-state index in [1.807, 2.05) is 38.1 Å². The molecule has 0 bridgehead atoms. The quantitative estimate of drug-likeness (QED) is 0.402. The molecule has 1 amide bonds. The van der Waals surface area contributed by atoms with Gasteiger partial charge in [-0.25, -0.2) is 16.3 Å². The lowest BCUT2D eigenvalue weighted by Gasteiger charge is -2.11. The Bertz CT molecular complexity index is 872. The molecule has 2 atom stereocenters. The molecule has 2 aromatic carbocycles. The van der Waals surface area contributed by atoms with Crippen molar-refractivity contribution in [3.8, 4) is 17.2 Å². The molecular formula is C21H26N4O4. The van der Waals surface area contributed by atoms with Crippen LogP contribution in [0.15, 0.2) is 47.6 Å². The molecule has 2 unspecified atom stereocenters. The number of nitrogens with one attached hydrogen (secondary N) is 3. The van der Waals surface area contributed by atoms with E-state index < -0.39 is 6.04 Å². The molecule has 2 aromatic rings. The normalized spacial score (nSPS) is 18.7. The minimum Gasteiger partial charge on any atom is -0.504 e. The Kier molecular flexibility index (Phi) is 7.04. The molecule has 0 aliphatic carbocycles. The van der Waals surface area contributed by atoms with Crippen molar-refractivity contribution in [1.29, 1.82) is 0 Å². The molecule has 1 saturated heterocycles. The Morgan fingerprint density at radius 1 is 1.21 bits per heavy atom. The van der Waals surface area contributed by atoms with Gasteiger partial charge in [0.25, 0.3) is 5.91 Å². The average Bonchev–Trinajstić information content (AvgIpc) is 3.22. The maximum atomic E-state index is 12.4. The molecule has 1 aliphatic heterocycles. The van der Waals surface area contributed by atoms with Gasteiger partial charge in [-0.1, -0.05) is 18.2 Å². The molecule has 1 aliphatic rings. The molecule has 29 heavy (non-hydrogen) atoms. The smallest absolute Gasteiger partial charge is 0.258 e. The standard InChI is InChI=1S/C21H26N4O4/c1-3-28-16-9-5-7-14(11-16)17-12-18(24-23-17)21(27)25-22-13-15-8-6-10-19(20(15)26)29-4-2/h5-11,13,17-18,23-24,26H,3-4,12H2,1-2H3,(H,25,27)/b22-13+. The van der Waals surface area contributed by atoms with Gasteiger partial charge in [0.2, 0.25) is 0 Å². The second-order valence-corrected chi connectivity index (χ2v) is 6.50. The van der Waals surface area contributed by atoms with Gasteiger partial charge in [0.1, 0.15) is 11.8 Å². The summed E-state index contributed by atoms with van der Waals surface area (Å²) in [6.07, 6.45) is 1.96. The monoisotopic (exact) mass is 398 g/mol. The van der Waals surface area contributed by atoms with Crippen LogP contribution in [0.5, 0.6) is 17.2 Å². The number of phenolic OH excluding ortho intramolecular Hbond substituents is 1. The molecular weight excluding hydrogens is 372 g/mol. The van der Waals surface area contributed by atoms with Crippen LogP contribution in [0.1, 0.15) is 37.4 Å². The van der Waals surface area contributed by atoms with Gasteiger partial charge in [-0.2, -0.15) is 5.10 Å². The second-order valence-electron chi connectivity index (χ2n) is 6.50. The number of amides is 1. The van der Waals surface area contributed by atoms with Crippen LogP contribution in [-0.4, -0.2) is 36.5 Å². The summed E-state index contributed by atoms with van der Waals surface area (Å²) in [5.41, 5.74) is 10.1. The Morgan fingerprint density at radius 3 is 2.79 bits per heavy atom. The summed E-state index contributed by atoms with van der Waals surface area (Å²) in [6, 6.07) is 12.5. The van der Waals surface area contributed by atoms with E-state index in [-0.39, 0.29) is 17.7 Å². The number of para-hydroxylation sites is 1. The number of hydrogen-bond acceptors (Lipinski definition) is 7. The van der Waals surface area contributed by atoms with Crippen LogP contribution in [0.25, 0.3) is 0 Å². The SMILES string of the molecule is CCOc1cccc(C2CC(C(=O)N/N=C/c3cccc(OCC)c3O)NN2)c1. The van der Waals surface area contributed by atoms with Gasteiger partial charge in [0.15, 0.2) is 11.5 Å². The number of rotatable bonds is 8. The Hall–Kier alpha value is -3.10. The van der Waals surface area contributed by atoms with Crippen molar-refractivity contribution in [2.45, 2.75) is 32.4 Å². The fourth-order valence-electron chi connectivity index (χ4n) is 3.09. The van der Waals surface area contributed by atoms with E-state index in [1.165, 1.54) is 6.21 Å². The van der Waals surface area contributed by atoms with Crippen LogP contribution in [0.3, 0.4) is 0 Å². The van der Waals surface area contributed by atoms with Gasteiger partial charge in [-0.15, -0.1) is 0 Å². The summed E-state index contributed by atoms with van der Waals surface area (Å²) in [5, 5.41) is 14.1. The molecule has 154 valence electrons. The van der Waals surface area contributed by atoms with E-state index in [1.54, 1.807) is 18.2 Å². The van der Waals surface area contributed by atoms with Crippen molar-refractivity contribution in [2.24, 2.45) is 5.10 Å². The highest BCUT2D eigenvalue weighted by atomic mass is 16.5. The number of hydrazine groups is 1. The zero-order valence-electron chi connectivity index (χ0n) is 16.5. The average molecular weight is 398 g/mol. The maximum absolute atomic E-state index is 12.4. The summed E-state index contributed by atoms with van der Waals surface area (Å²) in [4.78, 5) is 12.4. The lowest BCUT2D eigenvalue weighted by Crippen LogP contribution is -2.41. The summed E-state index contributed by atoms with van der Waals surface area (Å²) in [7, 11) is 0. The van der Waals surface area contributed by atoms with E-state index >= 15 is 0 Å². The number of carbonyl (C=O) groups is 1. The number of benzene rings is 2. The first-order valence-corrected chi connectivity index (χ1v) is 9.63. The molecule has 0 spiro atoms. The zero-order valence-corrected chi connectivity index (χ0v) is 16.5. The van der Waals surface area contributed by atoms with Crippen LogP contribution < -0.4 is 25.8 Å². The van der Waals surface area contributed by atoms with Crippen LogP contribution in [0.4, 0.5) is 0 Å². The van der Waals surface area contributed by atoms with Gasteiger partial charge < -0.3 is 14.6 Å².